The molecule has 2 aromatic rings. The SMILES string of the molecule is COc1ccc(CCNCc2cc(C)nn2C)cc1OC. The fourth-order valence-corrected chi connectivity index (χ4v) is 2.32. The first-order valence-corrected chi connectivity index (χ1v) is 7.05. The molecular weight excluding hydrogens is 266 g/mol. The molecule has 0 saturated heterocycles. The summed E-state index contributed by atoms with van der Waals surface area (Å²) in [7, 11) is 5.28. The van der Waals surface area contributed by atoms with Crippen molar-refractivity contribution in [2.24, 2.45) is 7.05 Å². The first-order valence-electron chi connectivity index (χ1n) is 7.05. The molecule has 0 bridgehead atoms. The number of aromatic nitrogens is 2. The van der Waals surface area contributed by atoms with Gasteiger partial charge in [0.15, 0.2) is 11.5 Å². The van der Waals surface area contributed by atoms with E-state index in [-0.39, 0.29) is 0 Å². The van der Waals surface area contributed by atoms with E-state index in [2.05, 4.69) is 22.5 Å². The van der Waals surface area contributed by atoms with E-state index >= 15 is 0 Å². The fourth-order valence-electron chi connectivity index (χ4n) is 2.32. The van der Waals surface area contributed by atoms with Gasteiger partial charge >= 0.3 is 0 Å². The Bertz CT molecular complexity index is 593. The maximum Gasteiger partial charge on any atom is 0.160 e. The van der Waals surface area contributed by atoms with E-state index in [1.165, 1.54) is 11.3 Å². The molecule has 0 aliphatic rings. The van der Waals surface area contributed by atoms with Gasteiger partial charge in [0.2, 0.25) is 0 Å². The molecule has 1 aromatic carbocycles. The zero-order chi connectivity index (χ0) is 15.2. The van der Waals surface area contributed by atoms with Crippen LogP contribution in [0.4, 0.5) is 0 Å². The van der Waals surface area contributed by atoms with Crippen molar-refractivity contribution in [2.75, 3.05) is 20.8 Å². The average molecular weight is 289 g/mol. The minimum Gasteiger partial charge on any atom is -0.493 e. The maximum absolute atomic E-state index is 5.31. The molecule has 0 spiro atoms. The molecule has 1 aromatic heterocycles. The van der Waals surface area contributed by atoms with Gasteiger partial charge in [-0.3, -0.25) is 4.68 Å². The van der Waals surface area contributed by atoms with Crippen molar-refractivity contribution in [3.05, 3.63) is 41.2 Å². The van der Waals surface area contributed by atoms with Crippen LogP contribution in [0.2, 0.25) is 0 Å². The Morgan fingerprint density at radius 2 is 1.90 bits per heavy atom. The van der Waals surface area contributed by atoms with Crippen LogP contribution in [-0.2, 0) is 20.0 Å². The van der Waals surface area contributed by atoms with Gasteiger partial charge in [-0.05, 0) is 43.7 Å². The average Bonchev–Trinajstić information content (AvgIpc) is 2.81. The number of nitrogens with one attached hydrogen (secondary N) is 1. The molecule has 1 N–H and O–H groups in total. The lowest BCUT2D eigenvalue weighted by Crippen LogP contribution is -2.18. The number of methoxy groups -OCH3 is 2. The Balaban J connectivity index is 1.85. The second-order valence-corrected chi connectivity index (χ2v) is 5.02. The molecule has 0 amide bonds. The van der Waals surface area contributed by atoms with Gasteiger partial charge in [0, 0.05) is 13.6 Å². The minimum atomic E-state index is 0.763. The Hall–Kier alpha value is -2.01. The number of hydrogen-bond donors (Lipinski definition) is 1. The van der Waals surface area contributed by atoms with Crippen LogP contribution >= 0.6 is 0 Å². The monoisotopic (exact) mass is 289 g/mol. The highest BCUT2D eigenvalue weighted by atomic mass is 16.5. The van der Waals surface area contributed by atoms with Crippen molar-refractivity contribution in [3.8, 4) is 11.5 Å². The third kappa shape index (κ3) is 3.98. The molecule has 0 fully saturated rings. The summed E-state index contributed by atoms with van der Waals surface area (Å²) in [5.74, 6) is 1.54. The van der Waals surface area contributed by atoms with Gasteiger partial charge in [-0.2, -0.15) is 5.10 Å². The summed E-state index contributed by atoms with van der Waals surface area (Å²) in [6, 6.07) is 8.13. The Morgan fingerprint density at radius 3 is 2.52 bits per heavy atom. The van der Waals surface area contributed by atoms with Crippen molar-refractivity contribution >= 4 is 0 Å². The molecule has 21 heavy (non-hydrogen) atoms. The zero-order valence-corrected chi connectivity index (χ0v) is 13.1. The Morgan fingerprint density at radius 1 is 1.14 bits per heavy atom. The maximum atomic E-state index is 5.31. The fraction of sp³-hybridized carbons (Fsp3) is 0.438. The molecule has 0 aliphatic carbocycles. The lowest BCUT2D eigenvalue weighted by Gasteiger charge is -2.10. The summed E-state index contributed by atoms with van der Waals surface area (Å²) >= 11 is 0. The highest BCUT2D eigenvalue weighted by Gasteiger charge is 2.05. The molecule has 5 heteroatoms. The van der Waals surface area contributed by atoms with Gasteiger partial charge in [-0.1, -0.05) is 6.07 Å². The van der Waals surface area contributed by atoms with Crippen LogP contribution in [0.1, 0.15) is 17.0 Å². The van der Waals surface area contributed by atoms with Crippen LogP contribution in [0.5, 0.6) is 11.5 Å². The molecule has 0 radical (unpaired) electrons. The van der Waals surface area contributed by atoms with E-state index in [1.807, 2.05) is 30.8 Å². The van der Waals surface area contributed by atoms with Gasteiger partial charge in [-0.15, -0.1) is 0 Å². The standard InChI is InChI=1S/C16H23N3O2/c1-12-9-14(19(2)18-12)11-17-8-7-13-5-6-15(20-3)16(10-13)21-4/h5-6,9-10,17H,7-8,11H2,1-4H3. The molecule has 0 saturated carbocycles. The molecule has 1 heterocycles. The third-order valence-electron chi connectivity index (χ3n) is 3.44. The number of aryl methyl sites for hydroxylation is 2. The van der Waals surface area contributed by atoms with E-state index in [4.69, 9.17) is 9.47 Å². The van der Waals surface area contributed by atoms with E-state index in [0.717, 1.165) is 36.7 Å². The molecule has 0 unspecified atom stereocenters. The predicted molar refractivity (Wildman–Crippen MR) is 82.9 cm³/mol. The number of ether oxygens (including phenoxy) is 2. The molecule has 0 aliphatic heterocycles. The summed E-state index contributed by atoms with van der Waals surface area (Å²) in [6.07, 6.45) is 0.942. The number of hydrogen-bond acceptors (Lipinski definition) is 4. The Labute approximate surface area is 125 Å². The second-order valence-electron chi connectivity index (χ2n) is 5.02. The van der Waals surface area contributed by atoms with E-state index in [0.29, 0.717) is 0 Å². The van der Waals surface area contributed by atoms with Crippen molar-refractivity contribution in [1.29, 1.82) is 0 Å². The van der Waals surface area contributed by atoms with Gasteiger partial charge < -0.3 is 14.8 Å². The van der Waals surface area contributed by atoms with E-state index in [9.17, 15) is 0 Å². The van der Waals surface area contributed by atoms with Gasteiger partial charge in [0.05, 0.1) is 25.6 Å². The van der Waals surface area contributed by atoms with Crippen LogP contribution < -0.4 is 14.8 Å². The van der Waals surface area contributed by atoms with Gasteiger partial charge in [-0.25, -0.2) is 0 Å². The first-order chi connectivity index (χ1) is 10.1. The van der Waals surface area contributed by atoms with Crippen LogP contribution in [0, 0.1) is 6.92 Å². The van der Waals surface area contributed by atoms with Gasteiger partial charge in [0.1, 0.15) is 0 Å². The molecular formula is C16H23N3O2. The summed E-state index contributed by atoms with van der Waals surface area (Å²) in [5, 5.41) is 7.77. The third-order valence-corrected chi connectivity index (χ3v) is 3.44. The van der Waals surface area contributed by atoms with E-state index < -0.39 is 0 Å². The lowest BCUT2D eigenvalue weighted by molar-refractivity contribution is 0.354. The smallest absolute Gasteiger partial charge is 0.160 e. The molecule has 0 atom stereocenters. The topological polar surface area (TPSA) is 48.3 Å². The summed E-state index contributed by atoms with van der Waals surface area (Å²) < 4.78 is 12.5. The Kier molecular flexibility index (Phi) is 5.22. The number of benzene rings is 1. The second kappa shape index (κ2) is 7.13. The number of nitrogens with zero attached hydrogens (tertiary/aromatic N) is 2. The molecule has 5 nitrogen and oxygen atoms in total. The quantitative estimate of drug-likeness (QED) is 0.793. The van der Waals surface area contributed by atoms with E-state index in [1.54, 1.807) is 14.2 Å². The molecule has 114 valence electrons. The van der Waals surface area contributed by atoms with Crippen molar-refractivity contribution < 1.29 is 9.47 Å². The highest BCUT2D eigenvalue weighted by Crippen LogP contribution is 2.27. The van der Waals surface area contributed by atoms with Crippen LogP contribution in [0.15, 0.2) is 24.3 Å². The highest BCUT2D eigenvalue weighted by molar-refractivity contribution is 5.42. The predicted octanol–water partition coefficient (Wildman–Crippen LogP) is 2.08. The summed E-state index contributed by atoms with van der Waals surface area (Å²) in [5.41, 5.74) is 3.47. The minimum absolute atomic E-state index is 0.763. The normalized spacial score (nSPS) is 10.7. The van der Waals surface area contributed by atoms with Crippen molar-refractivity contribution in [2.45, 2.75) is 19.9 Å². The zero-order valence-electron chi connectivity index (χ0n) is 13.1. The van der Waals surface area contributed by atoms with Gasteiger partial charge in [0.25, 0.3) is 0 Å². The molecule has 2 rings (SSSR count). The largest absolute Gasteiger partial charge is 0.493 e. The van der Waals surface area contributed by atoms with Crippen molar-refractivity contribution in [1.82, 2.24) is 15.1 Å². The van der Waals surface area contributed by atoms with Crippen LogP contribution in [0.25, 0.3) is 0 Å². The lowest BCUT2D eigenvalue weighted by atomic mass is 10.1. The summed E-state index contributed by atoms with van der Waals surface area (Å²) in [6.45, 7) is 3.73. The first kappa shape index (κ1) is 15.4. The summed E-state index contributed by atoms with van der Waals surface area (Å²) in [4.78, 5) is 0. The van der Waals surface area contributed by atoms with Crippen molar-refractivity contribution in [3.63, 3.8) is 0 Å². The van der Waals surface area contributed by atoms with Crippen LogP contribution in [0.3, 0.4) is 0 Å². The number of rotatable bonds is 7. The van der Waals surface area contributed by atoms with Crippen LogP contribution in [-0.4, -0.2) is 30.5 Å².